The third kappa shape index (κ3) is 4.87. The van der Waals surface area contributed by atoms with Crippen LogP contribution in [0, 0.1) is 0 Å². The SMILES string of the molecule is O=C(COc1ccc(CN2CCc3[nH]ncc3C2)cc1)NCC1CCCO1. The second-order valence-electron chi connectivity index (χ2n) is 7.21. The molecule has 144 valence electrons. The minimum atomic E-state index is -0.112. The van der Waals surface area contributed by atoms with Crippen molar-refractivity contribution in [3.05, 3.63) is 47.3 Å². The van der Waals surface area contributed by atoms with Gasteiger partial charge in [-0.25, -0.2) is 0 Å². The summed E-state index contributed by atoms with van der Waals surface area (Å²) in [5, 5.41) is 10.0. The number of nitrogens with zero attached hydrogens (tertiary/aromatic N) is 2. The number of carbonyl (C=O) groups is 1. The van der Waals surface area contributed by atoms with Gasteiger partial charge in [0.2, 0.25) is 0 Å². The predicted octanol–water partition coefficient (Wildman–Crippen LogP) is 1.64. The molecule has 3 heterocycles. The average Bonchev–Trinajstić information content (AvgIpc) is 3.37. The van der Waals surface area contributed by atoms with E-state index in [9.17, 15) is 4.79 Å². The topological polar surface area (TPSA) is 79.5 Å². The van der Waals surface area contributed by atoms with E-state index in [2.05, 4.69) is 32.5 Å². The van der Waals surface area contributed by atoms with Crippen molar-refractivity contribution in [3.63, 3.8) is 0 Å². The van der Waals surface area contributed by atoms with Crippen LogP contribution < -0.4 is 10.1 Å². The minimum Gasteiger partial charge on any atom is -0.484 e. The minimum absolute atomic E-state index is 0.0292. The number of hydrogen-bond acceptors (Lipinski definition) is 5. The summed E-state index contributed by atoms with van der Waals surface area (Å²) in [6.07, 6.45) is 5.17. The highest BCUT2D eigenvalue weighted by Gasteiger charge is 2.18. The van der Waals surface area contributed by atoms with E-state index < -0.39 is 0 Å². The number of fused-ring (bicyclic) bond motifs is 1. The number of aromatic amines is 1. The Balaban J connectivity index is 1.20. The number of aromatic nitrogens is 2. The standard InChI is InChI=1S/C20H26N4O3/c25-20(21-11-18-2-1-9-26-18)14-27-17-5-3-15(4-6-17)12-24-8-7-19-16(13-24)10-22-23-19/h3-6,10,18H,1-2,7-9,11-14H2,(H,21,25)(H,22,23). The van der Waals surface area contributed by atoms with Crippen molar-refractivity contribution in [1.29, 1.82) is 0 Å². The van der Waals surface area contributed by atoms with Gasteiger partial charge in [-0.2, -0.15) is 5.10 Å². The van der Waals surface area contributed by atoms with Crippen molar-refractivity contribution in [2.75, 3.05) is 26.3 Å². The van der Waals surface area contributed by atoms with Gasteiger partial charge in [-0.3, -0.25) is 14.8 Å². The highest BCUT2D eigenvalue weighted by Crippen LogP contribution is 2.19. The van der Waals surface area contributed by atoms with E-state index in [4.69, 9.17) is 9.47 Å². The molecule has 2 aromatic rings. The first-order chi connectivity index (χ1) is 13.3. The monoisotopic (exact) mass is 370 g/mol. The molecule has 7 heteroatoms. The number of H-pyrrole nitrogens is 1. The number of amides is 1. The molecule has 1 amide bonds. The molecule has 1 fully saturated rings. The lowest BCUT2D eigenvalue weighted by molar-refractivity contribution is -0.123. The number of ether oxygens (including phenoxy) is 2. The summed E-state index contributed by atoms with van der Waals surface area (Å²) < 4.78 is 11.1. The summed E-state index contributed by atoms with van der Waals surface area (Å²) in [5.74, 6) is 0.598. The molecule has 7 nitrogen and oxygen atoms in total. The Morgan fingerprint density at radius 2 is 2.26 bits per heavy atom. The first-order valence-electron chi connectivity index (χ1n) is 9.60. The fraction of sp³-hybridized carbons (Fsp3) is 0.500. The lowest BCUT2D eigenvalue weighted by Crippen LogP contribution is -2.35. The van der Waals surface area contributed by atoms with E-state index in [0.29, 0.717) is 12.3 Å². The van der Waals surface area contributed by atoms with Gasteiger partial charge in [0, 0.05) is 50.5 Å². The summed E-state index contributed by atoms with van der Waals surface area (Å²) in [6.45, 7) is 4.24. The number of rotatable bonds is 7. The van der Waals surface area contributed by atoms with E-state index in [-0.39, 0.29) is 18.6 Å². The van der Waals surface area contributed by atoms with Crippen molar-refractivity contribution in [2.45, 2.75) is 38.5 Å². The van der Waals surface area contributed by atoms with Crippen LogP contribution in [0.5, 0.6) is 5.75 Å². The van der Waals surface area contributed by atoms with Gasteiger partial charge >= 0.3 is 0 Å². The molecular weight excluding hydrogens is 344 g/mol. The Kier molecular flexibility index (Phi) is 5.69. The van der Waals surface area contributed by atoms with Crippen LogP contribution in [0.4, 0.5) is 0 Å². The van der Waals surface area contributed by atoms with E-state index in [1.54, 1.807) is 0 Å². The molecule has 0 bridgehead atoms. The molecule has 0 radical (unpaired) electrons. The van der Waals surface area contributed by atoms with Gasteiger partial charge in [0.1, 0.15) is 5.75 Å². The Hall–Kier alpha value is -2.38. The zero-order chi connectivity index (χ0) is 18.5. The van der Waals surface area contributed by atoms with Crippen LogP contribution in [-0.2, 0) is 29.0 Å². The zero-order valence-electron chi connectivity index (χ0n) is 15.4. The maximum absolute atomic E-state index is 11.9. The molecule has 27 heavy (non-hydrogen) atoms. The molecule has 0 saturated carbocycles. The highest BCUT2D eigenvalue weighted by molar-refractivity contribution is 5.77. The Morgan fingerprint density at radius 3 is 3.07 bits per heavy atom. The van der Waals surface area contributed by atoms with Crippen LogP contribution in [0.2, 0.25) is 0 Å². The molecule has 1 aromatic carbocycles. The predicted molar refractivity (Wildman–Crippen MR) is 100 cm³/mol. The average molecular weight is 370 g/mol. The van der Waals surface area contributed by atoms with Crippen LogP contribution >= 0.6 is 0 Å². The molecule has 2 aliphatic heterocycles. The first kappa shape index (κ1) is 18.0. The summed E-state index contributed by atoms with van der Waals surface area (Å²) in [6, 6.07) is 7.97. The third-order valence-corrected chi connectivity index (χ3v) is 5.13. The summed E-state index contributed by atoms with van der Waals surface area (Å²) >= 11 is 0. The number of benzene rings is 1. The van der Waals surface area contributed by atoms with Crippen LogP contribution in [0.25, 0.3) is 0 Å². The van der Waals surface area contributed by atoms with E-state index in [0.717, 1.165) is 45.5 Å². The van der Waals surface area contributed by atoms with E-state index >= 15 is 0 Å². The molecule has 1 unspecified atom stereocenters. The van der Waals surface area contributed by atoms with Gasteiger partial charge < -0.3 is 14.8 Å². The summed E-state index contributed by atoms with van der Waals surface area (Å²) in [7, 11) is 0. The van der Waals surface area contributed by atoms with Gasteiger partial charge in [0.15, 0.2) is 6.61 Å². The van der Waals surface area contributed by atoms with Crippen LogP contribution in [-0.4, -0.2) is 53.4 Å². The molecule has 1 atom stereocenters. The fourth-order valence-electron chi connectivity index (χ4n) is 3.60. The fourth-order valence-corrected chi connectivity index (χ4v) is 3.60. The summed E-state index contributed by atoms with van der Waals surface area (Å²) in [5.41, 5.74) is 3.78. The number of carbonyl (C=O) groups excluding carboxylic acids is 1. The Bertz CT molecular complexity index is 753. The maximum Gasteiger partial charge on any atom is 0.258 e. The zero-order valence-corrected chi connectivity index (χ0v) is 15.4. The Labute approximate surface area is 159 Å². The molecule has 0 spiro atoms. The molecule has 2 aliphatic rings. The maximum atomic E-state index is 11.9. The molecule has 4 rings (SSSR count). The highest BCUT2D eigenvalue weighted by atomic mass is 16.5. The van der Waals surface area contributed by atoms with Gasteiger partial charge in [0.05, 0.1) is 12.3 Å². The normalized spacial score (nSPS) is 19.6. The van der Waals surface area contributed by atoms with Crippen LogP contribution in [0.3, 0.4) is 0 Å². The van der Waals surface area contributed by atoms with Crippen molar-refractivity contribution in [1.82, 2.24) is 20.4 Å². The van der Waals surface area contributed by atoms with Gasteiger partial charge in [-0.05, 0) is 30.5 Å². The molecule has 0 aliphatic carbocycles. The van der Waals surface area contributed by atoms with Gasteiger partial charge in [-0.15, -0.1) is 0 Å². The van der Waals surface area contributed by atoms with E-state index in [1.807, 2.05) is 18.3 Å². The van der Waals surface area contributed by atoms with Crippen molar-refractivity contribution in [2.24, 2.45) is 0 Å². The lowest BCUT2D eigenvalue weighted by Gasteiger charge is -2.26. The lowest BCUT2D eigenvalue weighted by atomic mass is 10.1. The smallest absolute Gasteiger partial charge is 0.258 e. The third-order valence-electron chi connectivity index (χ3n) is 5.13. The Morgan fingerprint density at radius 1 is 1.37 bits per heavy atom. The van der Waals surface area contributed by atoms with Gasteiger partial charge in [-0.1, -0.05) is 12.1 Å². The van der Waals surface area contributed by atoms with Crippen LogP contribution in [0.15, 0.2) is 30.5 Å². The van der Waals surface area contributed by atoms with Crippen molar-refractivity contribution < 1.29 is 14.3 Å². The van der Waals surface area contributed by atoms with Crippen molar-refractivity contribution in [3.8, 4) is 5.75 Å². The largest absolute Gasteiger partial charge is 0.484 e. The van der Waals surface area contributed by atoms with Crippen molar-refractivity contribution >= 4 is 5.91 Å². The summed E-state index contributed by atoms with van der Waals surface area (Å²) in [4.78, 5) is 14.3. The number of hydrogen-bond donors (Lipinski definition) is 2. The second kappa shape index (κ2) is 8.54. The molecule has 1 aromatic heterocycles. The molecule has 2 N–H and O–H groups in total. The van der Waals surface area contributed by atoms with E-state index in [1.165, 1.54) is 16.8 Å². The van der Waals surface area contributed by atoms with Crippen LogP contribution in [0.1, 0.15) is 29.7 Å². The quantitative estimate of drug-likeness (QED) is 0.775. The number of nitrogens with one attached hydrogen (secondary N) is 2. The second-order valence-corrected chi connectivity index (χ2v) is 7.21. The molecule has 1 saturated heterocycles. The van der Waals surface area contributed by atoms with Gasteiger partial charge in [0.25, 0.3) is 5.91 Å². The first-order valence-corrected chi connectivity index (χ1v) is 9.60. The molecular formula is C20H26N4O3.